The molecule has 4 heteroatoms. The third-order valence-electron chi connectivity index (χ3n) is 3.20. The highest BCUT2D eigenvalue weighted by Crippen LogP contribution is 2.18. The van der Waals surface area contributed by atoms with E-state index in [0.29, 0.717) is 13.2 Å². The molecule has 0 heterocycles. The van der Waals surface area contributed by atoms with Crippen molar-refractivity contribution >= 4 is 5.91 Å². The first-order valence-electron chi connectivity index (χ1n) is 7.05. The van der Waals surface area contributed by atoms with Crippen LogP contribution in [0, 0.1) is 19.8 Å². The molecule has 0 aliphatic heterocycles. The van der Waals surface area contributed by atoms with Crippen molar-refractivity contribution in [3.8, 4) is 5.75 Å². The molecule has 1 aromatic rings. The molecule has 0 saturated carbocycles. The second kappa shape index (κ2) is 7.90. The molecule has 0 spiro atoms. The maximum absolute atomic E-state index is 11.6. The zero-order chi connectivity index (χ0) is 15.1. The normalized spacial score (nSPS) is 12.3. The molecule has 112 valence electrons. The summed E-state index contributed by atoms with van der Waals surface area (Å²) in [6.07, 6.45) is -0.211. The van der Waals surface area contributed by atoms with E-state index in [0.717, 1.165) is 11.3 Å². The standard InChI is InChI=1S/C16H25NO3/c1-11(2)14(18)10-17-16(19)7-8-20-15-6-5-12(3)9-13(15)4/h5-6,9,11,14,18H,7-8,10H2,1-4H3,(H,17,19). The van der Waals surface area contributed by atoms with Gasteiger partial charge in [0.15, 0.2) is 0 Å². The van der Waals surface area contributed by atoms with Crippen LogP contribution in [0.15, 0.2) is 18.2 Å². The molecule has 0 aliphatic rings. The molecule has 2 N–H and O–H groups in total. The predicted octanol–water partition coefficient (Wildman–Crippen LogP) is 2.21. The summed E-state index contributed by atoms with van der Waals surface area (Å²) in [5.74, 6) is 0.849. The predicted molar refractivity (Wildman–Crippen MR) is 79.9 cm³/mol. The second-order valence-electron chi connectivity index (χ2n) is 5.48. The Morgan fingerprint density at radius 3 is 2.65 bits per heavy atom. The van der Waals surface area contributed by atoms with Gasteiger partial charge in [-0.2, -0.15) is 0 Å². The van der Waals surface area contributed by atoms with Gasteiger partial charge in [-0.3, -0.25) is 4.79 Å². The molecule has 20 heavy (non-hydrogen) atoms. The van der Waals surface area contributed by atoms with Crippen LogP contribution in [0.5, 0.6) is 5.75 Å². The van der Waals surface area contributed by atoms with Crippen molar-refractivity contribution in [2.75, 3.05) is 13.2 Å². The Kier molecular flexibility index (Phi) is 6.52. The third-order valence-corrected chi connectivity index (χ3v) is 3.20. The van der Waals surface area contributed by atoms with E-state index in [2.05, 4.69) is 5.32 Å². The van der Waals surface area contributed by atoms with Gasteiger partial charge < -0.3 is 15.2 Å². The van der Waals surface area contributed by atoms with Crippen LogP contribution in [-0.2, 0) is 4.79 Å². The second-order valence-corrected chi connectivity index (χ2v) is 5.48. The van der Waals surface area contributed by atoms with Crippen molar-refractivity contribution in [3.05, 3.63) is 29.3 Å². The Morgan fingerprint density at radius 1 is 1.35 bits per heavy atom. The van der Waals surface area contributed by atoms with Gasteiger partial charge in [-0.15, -0.1) is 0 Å². The summed E-state index contributed by atoms with van der Waals surface area (Å²) in [5.41, 5.74) is 2.26. The number of nitrogens with one attached hydrogen (secondary N) is 1. The smallest absolute Gasteiger partial charge is 0.223 e. The molecule has 1 rings (SSSR count). The van der Waals surface area contributed by atoms with Crippen LogP contribution < -0.4 is 10.1 Å². The van der Waals surface area contributed by atoms with E-state index in [9.17, 15) is 9.90 Å². The van der Waals surface area contributed by atoms with E-state index in [1.807, 2.05) is 45.9 Å². The first-order valence-corrected chi connectivity index (χ1v) is 7.05. The van der Waals surface area contributed by atoms with Gasteiger partial charge in [0, 0.05) is 6.54 Å². The number of aryl methyl sites for hydroxylation is 2. The molecule has 0 saturated heterocycles. The topological polar surface area (TPSA) is 58.6 Å². The van der Waals surface area contributed by atoms with Crippen molar-refractivity contribution in [1.29, 1.82) is 0 Å². The summed E-state index contributed by atoms with van der Waals surface area (Å²) >= 11 is 0. The molecule has 0 radical (unpaired) electrons. The Balaban J connectivity index is 2.28. The average Bonchev–Trinajstić information content (AvgIpc) is 2.38. The van der Waals surface area contributed by atoms with Crippen molar-refractivity contribution < 1.29 is 14.6 Å². The minimum atomic E-state index is -0.501. The summed E-state index contributed by atoms with van der Waals surface area (Å²) in [6, 6.07) is 5.96. The van der Waals surface area contributed by atoms with Crippen molar-refractivity contribution in [2.45, 2.75) is 40.2 Å². The van der Waals surface area contributed by atoms with Gasteiger partial charge in [-0.25, -0.2) is 0 Å². The molecular formula is C16H25NO3. The van der Waals surface area contributed by atoms with Crippen LogP contribution in [0.3, 0.4) is 0 Å². The van der Waals surface area contributed by atoms with Crippen LogP contribution in [0.25, 0.3) is 0 Å². The number of benzene rings is 1. The molecule has 1 amide bonds. The lowest BCUT2D eigenvalue weighted by atomic mass is 10.1. The first-order chi connectivity index (χ1) is 9.40. The summed E-state index contributed by atoms with van der Waals surface area (Å²) in [5, 5.41) is 12.3. The molecule has 1 aromatic carbocycles. The highest BCUT2D eigenvalue weighted by molar-refractivity contribution is 5.76. The van der Waals surface area contributed by atoms with Gasteiger partial charge in [0.2, 0.25) is 5.91 Å². The minimum absolute atomic E-state index is 0.102. The van der Waals surface area contributed by atoms with Gasteiger partial charge in [0.25, 0.3) is 0 Å². The lowest BCUT2D eigenvalue weighted by Crippen LogP contribution is -2.35. The third kappa shape index (κ3) is 5.61. The zero-order valence-corrected chi connectivity index (χ0v) is 12.8. The number of amides is 1. The highest BCUT2D eigenvalue weighted by Gasteiger charge is 2.10. The minimum Gasteiger partial charge on any atom is -0.493 e. The molecule has 1 unspecified atom stereocenters. The average molecular weight is 279 g/mol. The number of hydrogen-bond acceptors (Lipinski definition) is 3. The van der Waals surface area contributed by atoms with Crippen molar-refractivity contribution in [3.63, 3.8) is 0 Å². The quantitative estimate of drug-likeness (QED) is 0.804. The lowest BCUT2D eigenvalue weighted by molar-refractivity contribution is -0.122. The van der Waals surface area contributed by atoms with Gasteiger partial charge in [-0.1, -0.05) is 31.5 Å². The van der Waals surface area contributed by atoms with E-state index >= 15 is 0 Å². The van der Waals surface area contributed by atoms with Crippen LogP contribution in [0.4, 0.5) is 0 Å². The van der Waals surface area contributed by atoms with Crippen LogP contribution in [0.1, 0.15) is 31.4 Å². The molecule has 4 nitrogen and oxygen atoms in total. The van der Waals surface area contributed by atoms with Gasteiger partial charge >= 0.3 is 0 Å². The number of carbonyl (C=O) groups excluding carboxylic acids is 1. The van der Waals surface area contributed by atoms with Crippen LogP contribution in [0.2, 0.25) is 0 Å². The van der Waals surface area contributed by atoms with E-state index in [-0.39, 0.29) is 18.2 Å². The number of aliphatic hydroxyl groups excluding tert-OH is 1. The number of carbonyl (C=O) groups is 1. The molecule has 0 fully saturated rings. The van der Waals surface area contributed by atoms with Gasteiger partial charge in [-0.05, 0) is 31.4 Å². The number of hydrogen-bond donors (Lipinski definition) is 2. The summed E-state index contributed by atoms with van der Waals surface area (Å²) in [7, 11) is 0. The SMILES string of the molecule is Cc1ccc(OCCC(=O)NCC(O)C(C)C)c(C)c1. The molecular weight excluding hydrogens is 254 g/mol. The highest BCUT2D eigenvalue weighted by atomic mass is 16.5. The fraction of sp³-hybridized carbons (Fsp3) is 0.562. The lowest BCUT2D eigenvalue weighted by Gasteiger charge is -2.15. The fourth-order valence-corrected chi connectivity index (χ4v) is 1.76. The number of aliphatic hydroxyl groups is 1. The molecule has 0 aliphatic carbocycles. The monoisotopic (exact) mass is 279 g/mol. The Morgan fingerprint density at radius 2 is 2.05 bits per heavy atom. The Hall–Kier alpha value is -1.55. The van der Waals surface area contributed by atoms with Crippen LogP contribution >= 0.6 is 0 Å². The Labute approximate surface area is 121 Å². The van der Waals surface area contributed by atoms with Gasteiger partial charge in [0.1, 0.15) is 5.75 Å². The number of ether oxygens (including phenoxy) is 1. The zero-order valence-electron chi connectivity index (χ0n) is 12.8. The maximum Gasteiger partial charge on any atom is 0.223 e. The largest absolute Gasteiger partial charge is 0.493 e. The first kappa shape index (κ1) is 16.5. The van der Waals surface area contributed by atoms with Crippen LogP contribution in [-0.4, -0.2) is 30.3 Å². The van der Waals surface area contributed by atoms with Gasteiger partial charge in [0.05, 0.1) is 19.1 Å². The summed E-state index contributed by atoms with van der Waals surface area (Å²) < 4.78 is 5.59. The van der Waals surface area contributed by atoms with E-state index in [4.69, 9.17) is 4.74 Å². The summed E-state index contributed by atoms with van der Waals surface area (Å²) in [6.45, 7) is 8.49. The fourth-order valence-electron chi connectivity index (χ4n) is 1.76. The van der Waals surface area contributed by atoms with Crippen molar-refractivity contribution in [2.24, 2.45) is 5.92 Å². The van der Waals surface area contributed by atoms with E-state index < -0.39 is 6.10 Å². The molecule has 1 atom stereocenters. The molecule has 0 aromatic heterocycles. The number of rotatable bonds is 7. The van der Waals surface area contributed by atoms with E-state index in [1.54, 1.807) is 0 Å². The van der Waals surface area contributed by atoms with Crippen molar-refractivity contribution in [1.82, 2.24) is 5.32 Å². The molecule has 0 bridgehead atoms. The summed E-state index contributed by atoms with van der Waals surface area (Å²) in [4.78, 5) is 11.6. The maximum atomic E-state index is 11.6. The Bertz CT molecular complexity index is 443. The van der Waals surface area contributed by atoms with E-state index in [1.165, 1.54) is 5.56 Å².